The average molecular weight is 179 g/mol. The van der Waals surface area contributed by atoms with Crippen molar-refractivity contribution in [1.29, 1.82) is 0 Å². The maximum Gasteiger partial charge on any atom is 0.198 e. The highest BCUT2D eigenvalue weighted by Crippen LogP contribution is 2.22. The molecular weight excluding hydrogens is 174 g/mol. The summed E-state index contributed by atoms with van der Waals surface area (Å²) in [4.78, 5) is 0. The molecule has 0 saturated carbocycles. The molecular formula is C7H5Cl2F. The standard InChI is InChI=1S/C7H5Cl2F/c8-6-3-1-5(2-4-6)7(9)10/h1-4,7H. The Labute approximate surface area is 68.6 Å². The molecule has 0 saturated heterocycles. The fourth-order valence-corrected chi connectivity index (χ4v) is 0.880. The van der Waals surface area contributed by atoms with Crippen LogP contribution < -0.4 is 0 Å². The van der Waals surface area contributed by atoms with Gasteiger partial charge in [0.05, 0.1) is 0 Å². The van der Waals surface area contributed by atoms with Crippen LogP contribution in [0.15, 0.2) is 24.3 Å². The highest BCUT2D eigenvalue weighted by Gasteiger charge is 2.02. The maximum atomic E-state index is 12.3. The number of rotatable bonds is 1. The molecule has 10 heavy (non-hydrogen) atoms. The van der Waals surface area contributed by atoms with Crippen LogP contribution in [-0.4, -0.2) is 0 Å². The molecule has 0 fully saturated rings. The van der Waals surface area contributed by atoms with E-state index in [0.29, 0.717) is 10.6 Å². The molecule has 0 spiro atoms. The normalized spacial score (nSPS) is 13.1. The quantitative estimate of drug-likeness (QED) is 0.578. The Bertz CT molecular complexity index is 205. The van der Waals surface area contributed by atoms with Crippen LogP contribution in [0.25, 0.3) is 0 Å². The Hall–Kier alpha value is -0.270. The summed E-state index contributed by atoms with van der Waals surface area (Å²) < 4.78 is 12.3. The summed E-state index contributed by atoms with van der Waals surface area (Å²) in [6.07, 6.45) is 0. The number of benzene rings is 1. The SMILES string of the molecule is FC(Cl)c1ccc(Cl)cc1. The lowest BCUT2D eigenvalue weighted by Gasteiger charge is -1.97. The summed E-state index contributed by atoms with van der Waals surface area (Å²) in [5, 5.41) is 0.584. The molecule has 1 rings (SSSR count). The highest BCUT2D eigenvalue weighted by atomic mass is 35.5. The molecule has 0 N–H and O–H groups in total. The summed E-state index contributed by atoms with van der Waals surface area (Å²) in [6.45, 7) is 0. The molecule has 0 aromatic heterocycles. The largest absolute Gasteiger partial charge is 0.225 e. The van der Waals surface area contributed by atoms with E-state index in [9.17, 15) is 4.39 Å². The Morgan fingerprint density at radius 1 is 1.20 bits per heavy atom. The van der Waals surface area contributed by atoms with Gasteiger partial charge >= 0.3 is 0 Å². The van der Waals surface area contributed by atoms with E-state index in [0.717, 1.165) is 0 Å². The van der Waals surface area contributed by atoms with Crippen LogP contribution in [-0.2, 0) is 0 Å². The monoisotopic (exact) mass is 178 g/mol. The Morgan fingerprint density at radius 2 is 1.70 bits per heavy atom. The fraction of sp³-hybridized carbons (Fsp3) is 0.143. The first-order valence-corrected chi connectivity index (χ1v) is 3.55. The zero-order valence-corrected chi connectivity index (χ0v) is 6.53. The van der Waals surface area contributed by atoms with Crippen molar-refractivity contribution in [2.75, 3.05) is 0 Å². The van der Waals surface area contributed by atoms with Crippen molar-refractivity contribution in [3.05, 3.63) is 34.9 Å². The van der Waals surface area contributed by atoms with Crippen molar-refractivity contribution in [1.82, 2.24) is 0 Å². The van der Waals surface area contributed by atoms with E-state index in [4.69, 9.17) is 23.2 Å². The van der Waals surface area contributed by atoms with Crippen LogP contribution in [0.2, 0.25) is 5.02 Å². The molecule has 0 aliphatic carbocycles. The van der Waals surface area contributed by atoms with E-state index in [1.165, 1.54) is 0 Å². The zero-order valence-electron chi connectivity index (χ0n) is 5.02. The topological polar surface area (TPSA) is 0 Å². The number of hydrogen-bond acceptors (Lipinski definition) is 0. The molecule has 0 nitrogen and oxygen atoms in total. The molecule has 0 radical (unpaired) electrons. The maximum absolute atomic E-state index is 12.3. The zero-order chi connectivity index (χ0) is 7.56. The van der Waals surface area contributed by atoms with Gasteiger partial charge in [-0.1, -0.05) is 35.3 Å². The van der Waals surface area contributed by atoms with E-state index in [2.05, 4.69) is 0 Å². The van der Waals surface area contributed by atoms with Crippen molar-refractivity contribution in [3.63, 3.8) is 0 Å². The summed E-state index contributed by atoms with van der Waals surface area (Å²) in [5.74, 6) is 0. The van der Waals surface area contributed by atoms with Gasteiger partial charge in [0.15, 0.2) is 5.63 Å². The summed E-state index contributed by atoms with van der Waals surface area (Å²) >= 11 is 10.7. The van der Waals surface area contributed by atoms with E-state index in [-0.39, 0.29) is 0 Å². The van der Waals surface area contributed by atoms with Crippen LogP contribution in [0.4, 0.5) is 4.39 Å². The molecule has 0 amide bonds. The molecule has 0 heterocycles. The van der Waals surface area contributed by atoms with E-state index < -0.39 is 5.63 Å². The lowest BCUT2D eigenvalue weighted by Crippen LogP contribution is -1.79. The molecule has 0 aliphatic rings. The van der Waals surface area contributed by atoms with Crippen LogP contribution in [0, 0.1) is 0 Å². The third-order valence-electron chi connectivity index (χ3n) is 1.12. The molecule has 54 valence electrons. The minimum absolute atomic E-state index is 0.436. The molecule has 1 atom stereocenters. The van der Waals surface area contributed by atoms with Gasteiger partial charge in [-0.25, -0.2) is 4.39 Å². The van der Waals surface area contributed by atoms with Crippen LogP contribution in [0.5, 0.6) is 0 Å². The molecule has 1 aromatic rings. The van der Waals surface area contributed by atoms with Crippen molar-refractivity contribution in [2.24, 2.45) is 0 Å². The van der Waals surface area contributed by atoms with Crippen LogP contribution in [0.1, 0.15) is 11.2 Å². The minimum atomic E-state index is -1.43. The molecule has 1 unspecified atom stereocenters. The van der Waals surface area contributed by atoms with Crippen molar-refractivity contribution in [3.8, 4) is 0 Å². The van der Waals surface area contributed by atoms with Gasteiger partial charge in [0, 0.05) is 10.6 Å². The number of alkyl halides is 2. The first kappa shape index (κ1) is 7.83. The molecule has 3 heteroatoms. The average Bonchev–Trinajstić information content (AvgIpc) is 1.88. The first-order chi connectivity index (χ1) is 4.70. The second kappa shape index (κ2) is 3.22. The van der Waals surface area contributed by atoms with E-state index >= 15 is 0 Å². The molecule has 1 aromatic carbocycles. The van der Waals surface area contributed by atoms with Gasteiger partial charge in [0.25, 0.3) is 0 Å². The Kier molecular flexibility index (Phi) is 2.52. The fourth-order valence-electron chi connectivity index (χ4n) is 0.608. The van der Waals surface area contributed by atoms with Gasteiger partial charge in [-0.2, -0.15) is 0 Å². The lowest BCUT2D eigenvalue weighted by atomic mass is 10.2. The molecule has 0 bridgehead atoms. The van der Waals surface area contributed by atoms with Gasteiger partial charge in [-0.05, 0) is 12.1 Å². The van der Waals surface area contributed by atoms with E-state index in [1.54, 1.807) is 24.3 Å². The van der Waals surface area contributed by atoms with Crippen molar-refractivity contribution < 1.29 is 4.39 Å². The summed E-state index contributed by atoms with van der Waals surface area (Å²) in [6, 6.07) is 6.32. The third kappa shape index (κ3) is 1.86. The van der Waals surface area contributed by atoms with Gasteiger partial charge in [0.2, 0.25) is 0 Å². The Balaban J connectivity index is 2.89. The lowest BCUT2D eigenvalue weighted by molar-refractivity contribution is 0.460. The number of halogens is 3. The minimum Gasteiger partial charge on any atom is -0.225 e. The van der Waals surface area contributed by atoms with Crippen LogP contribution >= 0.6 is 23.2 Å². The third-order valence-corrected chi connectivity index (χ3v) is 1.63. The van der Waals surface area contributed by atoms with Crippen molar-refractivity contribution >= 4 is 23.2 Å². The van der Waals surface area contributed by atoms with E-state index in [1.807, 2.05) is 0 Å². The van der Waals surface area contributed by atoms with Gasteiger partial charge in [0.1, 0.15) is 0 Å². The summed E-state index contributed by atoms with van der Waals surface area (Å²) in [7, 11) is 0. The van der Waals surface area contributed by atoms with Gasteiger partial charge in [-0.15, -0.1) is 0 Å². The smallest absolute Gasteiger partial charge is 0.198 e. The summed E-state index contributed by atoms with van der Waals surface area (Å²) in [5.41, 5.74) is -0.997. The van der Waals surface area contributed by atoms with Crippen molar-refractivity contribution in [2.45, 2.75) is 5.63 Å². The first-order valence-electron chi connectivity index (χ1n) is 2.74. The van der Waals surface area contributed by atoms with Gasteiger partial charge in [-0.3, -0.25) is 0 Å². The van der Waals surface area contributed by atoms with Gasteiger partial charge < -0.3 is 0 Å². The second-order valence-corrected chi connectivity index (χ2v) is 2.67. The van der Waals surface area contributed by atoms with Crippen LogP contribution in [0.3, 0.4) is 0 Å². The predicted octanol–water partition coefficient (Wildman–Crippen LogP) is 3.55. The second-order valence-electron chi connectivity index (χ2n) is 1.85. The molecule has 0 aliphatic heterocycles. The predicted molar refractivity (Wildman–Crippen MR) is 41.2 cm³/mol. The number of hydrogen-bond donors (Lipinski definition) is 0. The highest BCUT2D eigenvalue weighted by molar-refractivity contribution is 6.30. The Morgan fingerprint density at radius 3 is 2.10 bits per heavy atom.